The maximum Gasteiger partial charge on any atom is 0.323 e. The Morgan fingerprint density at radius 1 is 1.11 bits per heavy atom. The van der Waals surface area contributed by atoms with Gasteiger partial charge in [0.1, 0.15) is 23.9 Å². The number of hydrogen-bond acceptors (Lipinski definition) is 4. The number of benzene rings is 2. The number of aliphatic carboxylic acids is 1. The summed E-state index contributed by atoms with van der Waals surface area (Å²) in [6.07, 6.45) is 0.0673. The molecule has 7 heteroatoms. The predicted molar refractivity (Wildman–Crippen MR) is 102 cm³/mol. The normalized spacial score (nSPS) is 11.6. The van der Waals surface area contributed by atoms with Gasteiger partial charge in [-0.25, -0.2) is 4.39 Å². The molecule has 0 fully saturated rings. The highest BCUT2D eigenvalue weighted by Crippen LogP contribution is 2.25. The SMILES string of the molecule is COc1cc(CN(CC(=O)O)C(=O)CC(C)c2cccc(F)c2)cc(OC)c1. The Hall–Kier alpha value is -3.09. The van der Waals surface area contributed by atoms with Gasteiger partial charge in [-0.05, 0) is 41.3 Å². The van der Waals surface area contributed by atoms with Gasteiger partial charge in [-0.1, -0.05) is 19.1 Å². The van der Waals surface area contributed by atoms with Gasteiger partial charge < -0.3 is 19.5 Å². The molecule has 6 nitrogen and oxygen atoms in total. The first-order chi connectivity index (χ1) is 13.3. The first kappa shape index (κ1) is 21.2. The Morgan fingerprint density at radius 3 is 2.29 bits per heavy atom. The zero-order chi connectivity index (χ0) is 20.7. The molecule has 2 aromatic carbocycles. The largest absolute Gasteiger partial charge is 0.497 e. The molecule has 0 aromatic heterocycles. The lowest BCUT2D eigenvalue weighted by atomic mass is 9.97. The van der Waals surface area contributed by atoms with E-state index in [0.717, 1.165) is 0 Å². The van der Waals surface area contributed by atoms with Gasteiger partial charge in [-0.15, -0.1) is 0 Å². The fourth-order valence-corrected chi connectivity index (χ4v) is 2.90. The summed E-state index contributed by atoms with van der Waals surface area (Å²) in [6, 6.07) is 11.2. The molecular weight excluding hydrogens is 365 g/mol. The first-order valence-electron chi connectivity index (χ1n) is 8.79. The average molecular weight is 389 g/mol. The van der Waals surface area contributed by atoms with Gasteiger partial charge in [0.15, 0.2) is 0 Å². The maximum absolute atomic E-state index is 13.4. The Balaban J connectivity index is 2.18. The summed E-state index contributed by atoms with van der Waals surface area (Å²) in [5.74, 6) is -0.972. The molecule has 1 N–H and O–H groups in total. The molecule has 1 unspecified atom stereocenters. The number of carbonyl (C=O) groups is 2. The Labute approximate surface area is 163 Å². The number of methoxy groups -OCH3 is 2. The van der Waals surface area contributed by atoms with Crippen LogP contribution in [-0.2, 0) is 16.1 Å². The van der Waals surface area contributed by atoms with Crippen molar-refractivity contribution in [3.05, 3.63) is 59.4 Å². The van der Waals surface area contributed by atoms with Crippen LogP contribution in [0.15, 0.2) is 42.5 Å². The fourth-order valence-electron chi connectivity index (χ4n) is 2.90. The van der Waals surface area contributed by atoms with E-state index in [-0.39, 0.29) is 30.6 Å². The zero-order valence-corrected chi connectivity index (χ0v) is 16.1. The van der Waals surface area contributed by atoms with Crippen LogP contribution in [-0.4, -0.2) is 42.6 Å². The first-order valence-corrected chi connectivity index (χ1v) is 8.79. The molecule has 0 radical (unpaired) electrons. The van der Waals surface area contributed by atoms with Crippen LogP contribution < -0.4 is 9.47 Å². The van der Waals surface area contributed by atoms with Crippen LogP contribution in [0.25, 0.3) is 0 Å². The molecule has 150 valence electrons. The van der Waals surface area contributed by atoms with Crippen LogP contribution >= 0.6 is 0 Å². The third kappa shape index (κ3) is 5.97. The quantitative estimate of drug-likeness (QED) is 0.711. The number of nitrogens with zero attached hydrogens (tertiary/aromatic N) is 1. The summed E-state index contributed by atoms with van der Waals surface area (Å²) in [5, 5.41) is 9.21. The van der Waals surface area contributed by atoms with Gasteiger partial charge in [0, 0.05) is 19.0 Å². The number of hydrogen-bond donors (Lipinski definition) is 1. The van der Waals surface area contributed by atoms with E-state index < -0.39 is 12.5 Å². The summed E-state index contributed by atoms with van der Waals surface area (Å²) in [6.45, 7) is 1.46. The van der Waals surface area contributed by atoms with Crippen molar-refractivity contribution in [1.29, 1.82) is 0 Å². The van der Waals surface area contributed by atoms with Crippen molar-refractivity contribution >= 4 is 11.9 Å². The third-order valence-electron chi connectivity index (χ3n) is 4.36. The van der Waals surface area contributed by atoms with Crippen molar-refractivity contribution in [3.8, 4) is 11.5 Å². The molecule has 0 aliphatic carbocycles. The second-order valence-corrected chi connectivity index (χ2v) is 6.52. The molecule has 0 aliphatic heterocycles. The molecule has 0 bridgehead atoms. The van der Waals surface area contributed by atoms with Crippen LogP contribution in [0.1, 0.15) is 30.4 Å². The highest BCUT2D eigenvalue weighted by molar-refractivity contribution is 5.82. The monoisotopic (exact) mass is 389 g/mol. The molecule has 0 saturated carbocycles. The van der Waals surface area contributed by atoms with E-state index in [1.165, 1.54) is 31.3 Å². The number of carboxylic acid groups (broad SMARTS) is 1. The summed E-state index contributed by atoms with van der Waals surface area (Å²) in [7, 11) is 3.03. The minimum atomic E-state index is -1.11. The number of halogens is 1. The van der Waals surface area contributed by atoms with E-state index in [1.807, 2.05) is 0 Å². The van der Waals surface area contributed by atoms with Crippen molar-refractivity contribution in [2.45, 2.75) is 25.8 Å². The zero-order valence-electron chi connectivity index (χ0n) is 16.1. The topological polar surface area (TPSA) is 76.1 Å². The lowest BCUT2D eigenvalue weighted by molar-refractivity contribution is -0.145. The second-order valence-electron chi connectivity index (χ2n) is 6.52. The lowest BCUT2D eigenvalue weighted by Gasteiger charge is -2.23. The Kier molecular flexibility index (Phi) is 7.37. The Bertz CT molecular complexity index is 817. The van der Waals surface area contributed by atoms with Crippen LogP contribution in [0.2, 0.25) is 0 Å². The van der Waals surface area contributed by atoms with E-state index in [1.54, 1.807) is 37.3 Å². The van der Waals surface area contributed by atoms with E-state index in [9.17, 15) is 19.1 Å². The van der Waals surface area contributed by atoms with Crippen LogP contribution in [0.3, 0.4) is 0 Å². The van der Waals surface area contributed by atoms with Crippen molar-refractivity contribution in [2.24, 2.45) is 0 Å². The van der Waals surface area contributed by atoms with E-state index in [2.05, 4.69) is 0 Å². The lowest BCUT2D eigenvalue weighted by Crippen LogP contribution is -2.35. The fraction of sp³-hybridized carbons (Fsp3) is 0.333. The van der Waals surface area contributed by atoms with Crippen LogP contribution in [0.4, 0.5) is 4.39 Å². The molecule has 1 amide bonds. The third-order valence-corrected chi connectivity index (χ3v) is 4.36. The number of carbonyl (C=O) groups excluding carboxylic acids is 1. The van der Waals surface area contributed by atoms with Gasteiger partial charge in [-0.2, -0.15) is 0 Å². The highest BCUT2D eigenvalue weighted by atomic mass is 19.1. The number of amides is 1. The van der Waals surface area contributed by atoms with Gasteiger partial charge in [-0.3, -0.25) is 9.59 Å². The van der Waals surface area contributed by atoms with E-state index in [0.29, 0.717) is 22.6 Å². The van der Waals surface area contributed by atoms with Gasteiger partial charge in [0.2, 0.25) is 5.91 Å². The van der Waals surface area contributed by atoms with E-state index >= 15 is 0 Å². The summed E-state index contributed by atoms with van der Waals surface area (Å²) in [4.78, 5) is 25.3. The number of carboxylic acids is 1. The van der Waals surface area contributed by atoms with Gasteiger partial charge >= 0.3 is 5.97 Å². The number of ether oxygens (including phenoxy) is 2. The number of rotatable bonds is 9. The van der Waals surface area contributed by atoms with Crippen LogP contribution in [0.5, 0.6) is 11.5 Å². The molecule has 28 heavy (non-hydrogen) atoms. The molecule has 2 aromatic rings. The highest BCUT2D eigenvalue weighted by Gasteiger charge is 2.21. The molecule has 0 saturated heterocycles. The average Bonchev–Trinajstić information content (AvgIpc) is 2.66. The second kappa shape index (κ2) is 9.73. The summed E-state index contributed by atoms with van der Waals surface area (Å²) < 4.78 is 23.9. The smallest absolute Gasteiger partial charge is 0.323 e. The minimum Gasteiger partial charge on any atom is -0.497 e. The predicted octanol–water partition coefficient (Wildman–Crippen LogP) is 3.45. The maximum atomic E-state index is 13.4. The van der Waals surface area contributed by atoms with Crippen LogP contribution in [0, 0.1) is 5.82 Å². The summed E-state index contributed by atoms with van der Waals surface area (Å²) >= 11 is 0. The molecule has 2 rings (SSSR count). The van der Waals surface area contributed by atoms with E-state index in [4.69, 9.17) is 9.47 Å². The van der Waals surface area contributed by atoms with Gasteiger partial charge in [0.25, 0.3) is 0 Å². The minimum absolute atomic E-state index is 0.0673. The van der Waals surface area contributed by atoms with Gasteiger partial charge in [0.05, 0.1) is 14.2 Å². The van der Waals surface area contributed by atoms with Crippen molar-refractivity contribution in [3.63, 3.8) is 0 Å². The van der Waals surface area contributed by atoms with Crippen molar-refractivity contribution in [1.82, 2.24) is 4.90 Å². The standard InChI is InChI=1S/C21H24FNO5/c1-14(16-5-4-6-17(22)10-16)7-20(24)23(13-21(25)26)12-15-8-18(27-2)11-19(9-15)28-3/h4-6,8-11,14H,7,12-13H2,1-3H3,(H,25,26). The summed E-state index contributed by atoms with van der Waals surface area (Å²) in [5.41, 5.74) is 1.37. The molecule has 0 spiro atoms. The Morgan fingerprint density at radius 2 is 1.75 bits per heavy atom. The van der Waals surface area contributed by atoms with Crippen molar-refractivity contribution < 1.29 is 28.6 Å². The molecule has 0 heterocycles. The molecular formula is C21H24FNO5. The molecule has 1 atom stereocenters. The van der Waals surface area contributed by atoms with Crippen molar-refractivity contribution in [2.75, 3.05) is 20.8 Å². The molecule has 0 aliphatic rings.